The number of anilines is 1. The monoisotopic (exact) mass is 414 g/mol. The van der Waals surface area contributed by atoms with Crippen LogP contribution in [0.1, 0.15) is 19.0 Å². The second kappa shape index (κ2) is 9.23. The first-order valence-corrected chi connectivity index (χ1v) is 10.9. The van der Waals surface area contributed by atoms with Crippen molar-refractivity contribution in [2.24, 2.45) is 0 Å². The van der Waals surface area contributed by atoms with Crippen molar-refractivity contribution in [3.05, 3.63) is 40.8 Å². The van der Waals surface area contributed by atoms with E-state index in [0.29, 0.717) is 25.7 Å². The predicted octanol–water partition coefficient (Wildman–Crippen LogP) is 2.77. The SMILES string of the molecule is CCOC(=O)NCCN1CCC(Nc2nc3ccccc3n2Cc2cscn2)C1. The normalized spacial score (nSPS) is 16.9. The topological polar surface area (TPSA) is 84.3 Å². The smallest absolute Gasteiger partial charge is 0.407 e. The van der Waals surface area contributed by atoms with Gasteiger partial charge in [-0.05, 0) is 25.5 Å². The minimum Gasteiger partial charge on any atom is -0.450 e. The molecule has 0 bridgehead atoms. The van der Waals surface area contributed by atoms with Gasteiger partial charge in [-0.3, -0.25) is 4.90 Å². The molecule has 1 fully saturated rings. The molecule has 8 nitrogen and oxygen atoms in total. The van der Waals surface area contributed by atoms with E-state index in [1.807, 2.05) is 23.7 Å². The molecule has 1 saturated heterocycles. The van der Waals surface area contributed by atoms with Crippen molar-refractivity contribution in [2.45, 2.75) is 25.9 Å². The first-order valence-electron chi connectivity index (χ1n) is 9.94. The number of nitrogens with one attached hydrogen (secondary N) is 2. The lowest BCUT2D eigenvalue weighted by Gasteiger charge is -2.18. The number of rotatable bonds is 8. The van der Waals surface area contributed by atoms with Crippen LogP contribution < -0.4 is 10.6 Å². The molecule has 1 aliphatic heterocycles. The molecule has 29 heavy (non-hydrogen) atoms. The van der Waals surface area contributed by atoms with Crippen LogP contribution in [0.2, 0.25) is 0 Å². The van der Waals surface area contributed by atoms with E-state index in [2.05, 4.69) is 36.5 Å². The number of thiazole rings is 1. The Morgan fingerprint density at radius 1 is 1.38 bits per heavy atom. The van der Waals surface area contributed by atoms with Crippen LogP contribution in [0.3, 0.4) is 0 Å². The maximum absolute atomic E-state index is 11.4. The summed E-state index contributed by atoms with van der Waals surface area (Å²) in [6.07, 6.45) is 0.691. The van der Waals surface area contributed by atoms with Crippen LogP contribution in [-0.4, -0.2) is 64.4 Å². The van der Waals surface area contributed by atoms with Crippen molar-refractivity contribution >= 4 is 34.4 Å². The number of imidazole rings is 1. The number of nitrogens with zero attached hydrogens (tertiary/aromatic N) is 4. The third-order valence-corrected chi connectivity index (χ3v) is 5.67. The van der Waals surface area contributed by atoms with Crippen molar-refractivity contribution < 1.29 is 9.53 Å². The Bertz CT molecular complexity index is 942. The Balaban J connectivity index is 1.39. The van der Waals surface area contributed by atoms with Crippen molar-refractivity contribution in [1.82, 2.24) is 24.8 Å². The summed E-state index contributed by atoms with van der Waals surface area (Å²) >= 11 is 1.61. The number of para-hydroxylation sites is 2. The third-order valence-electron chi connectivity index (χ3n) is 5.04. The van der Waals surface area contributed by atoms with Gasteiger partial charge in [0.25, 0.3) is 0 Å². The van der Waals surface area contributed by atoms with Crippen molar-refractivity contribution in [3.63, 3.8) is 0 Å². The van der Waals surface area contributed by atoms with Gasteiger partial charge in [0.05, 0.1) is 35.4 Å². The number of hydrogen-bond donors (Lipinski definition) is 2. The lowest BCUT2D eigenvalue weighted by Crippen LogP contribution is -2.35. The fourth-order valence-electron chi connectivity index (χ4n) is 3.66. The van der Waals surface area contributed by atoms with Gasteiger partial charge in [0.1, 0.15) is 0 Å². The van der Waals surface area contributed by atoms with Crippen molar-refractivity contribution in [3.8, 4) is 0 Å². The number of ether oxygens (including phenoxy) is 1. The largest absolute Gasteiger partial charge is 0.450 e. The quantitative estimate of drug-likeness (QED) is 0.590. The Morgan fingerprint density at radius 3 is 3.10 bits per heavy atom. The Hall–Kier alpha value is -2.65. The predicted molar refractivity (Wildman–Crippen MR) is 114 cm³/mol. The molecular formula is C20H26N6O2S. The first kappa shape index (κ1) is 19.7. The minimum absolute atomic E-state index is 0.323. The Morgan fingerprint density at radius 2 is 2.28 bits per heavy atom. The molecule has 1 unspecified atom stereocenters. The minimum atomic E-state index is -0.350. The number of alkyl carbamates (subject to hydrolysis) is 1. The first-order chi connectivity index (χ1) is 14.2. The summed E-state index contributed by atoms with van der Waals surface area (Å²) < 4.78 is 7.10. The molecule has 3 heterocycles. The standard InChI is InChI=1S/C20H26N6O2S/c1-2-28-20(27)21-8-10-25-9-7-15(11-25)23-19-24-17-5-3-4-6-18(17)26(19)12-16-13-29-14-22-16/h3-6,13-15H,2,7-12H2,1H3,(H,21,27)(H,23,24). The van der Waals surface area contributed by atoms with Gasteiger partial charge >= 0.3 is 6.09 Å². The number of carbonyl (C=O) groups excluding carboxylic acids is 1. The molecular weight excluding hydrogens is 388 g/mol. The number of hydrogen-bond acceptors (Lipinski definition) is 7. The Kier molecular flexibility index (Phi) is 6.26. The molecule has 2 N–H and O–H groups in total. The summed E-state index contributed by atoms with van der Waals surface area (Å²) in [5.74, 6) is 0.885. The fraction of sp³-hybridized carbons (Fsp3) is 0.450. The van der Waals surface area contributed by atoms with Gasteiger partial charge in [-0.2, -0.15) is 0 Å². The van der Waals surface area contributed by atoms with E-state index in [4.69, 9.17) is 9.72 Å². The number of benzene rings is 1. The molecule has 1 atom stereocenters. The van der Waals surface area contributed by atoms with E-state index in [1.165, 1.54) is 0 Å². The lowest BCUT2D eigenvalue weighted by molar-refractivity contribution is 0.151. The van der Waals surface area contributed by atoms with E-state index in [1.54, 1.807) is 18.3 Å². The highest BCUT2D eigenvalue weighted by molar-refractivity contribution is 7.07. The van der Waals surface area contributed by atoms with Crippen molar-refractivity contribution in [2.75, 3.05) is 38.1 Å². The zero-order valence-corrected chi connectivity index (χ0v) is 17.3. The molecule has 0 radical (unpaired) electrons. The van der Waals surface area contributed by atoms with Gasteiger partial charge in [0.15, 0.2) is 0 Å². The van der Waals surface area contributed by atoms with Crippen LogP contribution in [0.5, 0.6) is 0 Å². The molecule has 3 aromatic rings. The second-order valence-corrected chi connectivity index (χ2v) is 7.79. The highest BCUT2D eigenvalue weighted by Crippen LogP contribution is 2.23. The van der Waals surface area contributed by atoms with Crippen LogP contribution in [0, 0.1) is 0 Å². The highest BCUT2D eigenvalue weighted by atomic mass is 32.1. The molecule has 2 aromatic heterocycles. The number of aromatic nitrogens is 3. The maximum Gasteiger partial charge on any atom is 0.407 e. The summed E-state index contributed by atoms with van der Waals surface area (Å²) in [5.41, 5.74) is 5.00. The average molecular weight is 415 g/mol. The number of likely N-dealkylation sites (tertiary alicyclic amines) is 1. The van der Waals surface area contributed by atoms with Gasteiger partial charge in [-0.1, -0.05) is 12.1 Å². The van der Waals surface area contributed by atoms with Gasteiger partial charge < -0.3 is 19.9 Å². The van der Waals surface area contributed by atoms with Gasteiger partial charge in [-0.15, -0.1) is 11.3 Å². The van der Waals surface area contributed by atoms with E-state index in [0.717, 1.165) is 48.7 Å². The molecule has 1 aromatic carbocycles. The van der Waals surface area contributed by atoms with E-state index in [9.17, 15) is 4.79 Å². The molecule has 1 amide bonds. The number of carbonyl (C=O) groups is 1. The lowest BCUT2D eigenvalue weighted by atomic mass is 10.3. The molecule has 154 valence electrons. The van der Waals surface area contributed by atoms with E-state index in [-0.39, 0.29) is 6.09 Å². The summed E-state index contributed by atoms with van der Waals surface area (Å²) in [6, 6.07) is 8.52. The van der Waals surface area contributed by atoms with Crippen LogP contribution >= 0.6 is 11.3 Å². The van der Waals surface area contributed by atoms with Crippen molar-refractivity contribution in [1.29, 1.82) is 0 Å². The molecule has 0 saturated carbocycles. The molecule has 1 aliphatic rings. The van der Waals surface area contributed by atoms with Crippen LogP contribution in [0.25, 0.3) is 11.0 Å². The van der Waals surface area contributed by atoms with Gasteiger partial charge in [-0.25, -0.2) is 14.8 Å². The maximum atomic E-state index is 11.4. The van der Waals surface area contributed by atoms with E-state index < -0.39 is 0 Å². The molecule has 0 aliphatic carbocycles. The average Bonchev–Trinajstić information content (AvgIpc) is 3.45. The van der Waals surface area contributed by atoms with Gasteiger partial charge in [0, 0.05) is 37.6 Å². The summed E-state index contributed by atoms with van der Waals surface area (Å²) in [5, 5.41) is 8.49. The van der Waals surface area contributed by atoms with E-state index >= 15 is 0 Å². The zero-order valence-electron chi connectivity index (χ0n) is 16.5. The van der Waals surface area contributed by atoms with Crippen LogP contribution in [0.4, 0.5) is 10.7 Å². The summed E-state index contributed by atoms with van der Waals surface area (Å²) in [7, 11) is 0. The van der Waals surface area contributed by atoms with Gasteiger partial charge in [0.2, 0.25) is 5.95 Å². The zero-order chi connectivity index (χ0) is 20.1. The molecule has 9 heteroatoms. The fourth-order valence-corrected chi connectivity index (χ4v) is 4.21. The second-order valence-electron chi connectivity index (χ2n) is 7.07. The molecule has 0 spiro atoms. The highest BCUT2D eigenvalue weighted by Gasteiger charge is 2.24. The molecule has 4 rings (SSSR count). The summed E-state index contributed by atoms with van der Waals surface area (Å²) in [4.78, 5) is 23.0. The Labute approximate surface area is 173 Å². The van der Waals surface area contributed by atoms with Crippen LogP contribution in [-0.2, 0) is 11.3 Å². The summed E-state index contributed by atoms with van der Waals surface area (Å²) in [6.45, 7) is 6.22. The number of amides is 1. The third kappa shape index (κ3) is 4.86. The van der Waals surface area contributed by atoms with Crippen LogP contribution in [0.15, 0.2) is 35.2 Å². The number of fused-ring (bicyclic) bond motifs is 1.